The van der Waals surface area contributed by atoms with E-state index in [0.29, 0.717) is 10.8 Å². The first kappa shape index (κ1) is 9.57. The van der Waals surface area contributed by atoms with Crippen LogP contribution in [0.2, 0.25) is 0 Å². The molecule has 0 unspecified atom stereocenters. The molecule has 3 fully saturated rings. The Hall–Kier alpha value is 0.350. The maximum absolute atomic E-state index is 2.58. The zero-order valence-corrected chi connectivity index (χ0v) is 10.5. The molecule has 2 aliphatic carbocycles. The maximum atomic E-state index is 2.58. The summed E-state index contributed by atoms with van der Waals surface area (Å²) in [6.45, 7) is 7.67. The van der Waals surface area contributed by atoms with Gasteiger partial charge in [-0.1, -0.05) is 20.8 Å². The molecule has 0 nitrogen and oxygen atoms in total. The molecule has 80 valence electrons. The van der Waals surface area contributed by atoms with Crippen molar-refractivity contribution in [2.75, 3.05) is 5.75 Å². The van der Waals surface area contributed by atoms with Crippen molar-refractivity contribution in [3.8, 4) is 0 Å². The van der Waals surface area contributed by atoms with Gasteiger partial charge in [-0.25, -0.2) is 0 Å². The highest BCUT2D eigenvalue weighted by atomic mass is 32.2. The number of fused-ring (bicyclic) bond motifs is 5. The standard InChI is InChI=1S/C13H22S/c1-12(2)10-6-7-13(12,3)11-9(10)5-4-8-14-11/h9-11H,4-8H2,1-3H3/t9-,10+,11-,13-/m0/s1. The molecule has 3 aliphatic rings. The molecule has 1 aliphatic heterocycles. The van der Waals surface area contributed by atoms with Gasteiger partial charge in [-0.2, -0.15) is 11.8 Å². The lowest BCUT2D eigenvalue weighted by Crippen LogP contribution is -2.37. The van der Waals surface area contributed by atoms with Crippen LogP contribution in [-0.4, -0.2) is 11.0 Å². The first-order valence-corrected chi connectivity index (χ1v) is 7.24. The second-order valence-corrected chi connectivity index (χ2v) is 7.63. The minimum atomic E-state index is 0.625. The molecule has 3 rings (SSSR count). The van der Waals surface area contributed by atoms with E-state index in [9.17, 15) is 0 Å². The van der Waals surface area contributed by atoms with Gasteiger partial charge in [0, 0.05) is 5.25 Å². The average molecular weight is 210 g/mol. The van der Waals surface area contributed by atoms with Gasteiger partial charge in [0.25, 0.3) is 0 Å². The second-order valence-electron chi connectivity index (χ2n) is 6.38. The summed E-state index contributed by atoms with van der Waals surface area (Å²) in [7, 11) is 0. The third-order valence-electron chi connectivity index (χ3n) is 5.89. The first-order valence-electron chi connectivity index (χ1n) is 6.19. The summed E-state index contributed by atoms with van der Waals surface area (Å²) < 4.78 is 0. The highest BCUT2D eigenvalue weighted by molar-refractivity contribution is 8.00. The number of rotatable bonds is 0. The van der Waals surface area contributed by atoms with Crippen LogP contribution in [0, 0.1) is 22.7 Å². The molecule has 0 amide bonds. The lowest BCUT2D eigenvalue weighted by molar-refractivity contribution is 0.156. The van der Waals surface area contributed by atoms with Crippen LogP contribution in [0.25, 0.3) is 0 Å². The molecule has 1 heteroatoms. The zero-order chi connectivity index (χ0) is 9.97. The summed E-state index contributed by atoms with van der Waals surface area (Å²) in [6, 6.07) is 0. The van der Waals surface area contributed by atoms with E-state index < -0.39 is 0 Å². The number of thioether (sulfide) groups is 1. The molecule has 0 aromatic heterocycles. The van der Waals surface area contributed by atoms with E-state index in [4.69, 9.17) is 0 Å². The van der Waals surface area contributed by atoms with Gasteiger partial charge in [0.15, 0.2) is 0 Å². The van der Waals surface area contributed by atoms with E-state index in [0.717, 1.165) is 17.1 Å². The molecule has 0 aromatic carbocycles. The summed E-state index contributed by atoms with van der Waals surface area (Å²) in [5.74, 6) is 3.55. The molecule has 2 bridgehead atoms. The lowest BCUT2D eigenvalue weighted by Gasteiger charge is -2.41. The van der Waals surface area contributed by atoms with Crippen molar-refractivity contribution in [1.29, 1.82) is 0 Å². The predicted octanol–water partition coefficient (Wildman–Crippen LogP) is 3.95. The minimum absolute atomic E-state index is 0.625. The van der Waals surface area contributed by atoms with E-state index in [2.05, 4.69) is 32.5 Å². The van der Waals surface area contributed by atoms with Crippen molar-refractivity contribution >= 4 is 11.8 Å². The van der Waals surface area contributed by atoms with Gasteiger partial charge in [-0.3, -0.25) is 0 Å². The van der Waals surface area contributed by atoms with Gasteiger partial charge in [0.05, 0.1) is 0 Å². The van der Waals surface area contributed by atoms with Crippen molar-refractivity contribution in [2.24, 2.45) is 22.7 Å². The SMILES string of the molecule is CC1(C)[C@@H]2CC[C@@]1(C)[C@H]1SCCC[C@@H]21. The van der Waals surface area contributed by atoms with Gasteiger partial charge in [-0.05, 0) is 54.1 Å². The second kappa shape index (κ2) is 2.72. The Morgan fingerprint density at radius 1 is 1.14 bits per heavy atom. The molecule has 0 spiro atoms. The molecule has 14 heavy (non-hydrogen) atoms. The molecule has 2 saturated carbocycles. The lowest BCUT2D eigenvalue weighted by atomic mass is 9.71. The van der Waals surface area contributed by atoms with Gasteiger partial charge >= 0.3 is 0 Å². The highest BCUT2D eigenvalue weighted by Gasteiger charge is 2.65. The molecule has 1 heterocycles. The van der Waals surface area contributed by atoms with Crippen molar-refractivity contribution in [3.05, 3.63) is 0 Å². The van der Waals surface area contributed by atoms with E-state index >= 15 is 0 Å². The van der Waals surface area contributed by atoms with Crippen molar-refractivity contribution in [3.63, 3.8) is 0 Å². The van der Waals surface area contributed by atoms with Crippen molar-refractivity contribution in [2.45, 2.75) is 51.7 Å². The zero-order valence-electron chi connectivity index (χ0n) is 9.68. The molecule has 0 N–H and O–H groups in total. The van der Waals surface area contributed by atoms with Crippen LogP contribution in [0.1, 0.15) is 46.5 Å². The number of hydrogen-bond acceptors (Lipinski definition) is 1. The van der Waals surface area contributed by atoms with E-state index in [1.807, 2.05) is 0 Å². The quantitative estimate of drug-likeness (QED) is 0.583. The number of hydrogen-bond donors (Lipinski definition) is 0. The Morgan fingerprint density at radius 3 is 2.64 bits per heavy atom. The summed E-state index contributed by atoms with van der Waals surface area (Å²) >= 11 is 2.30. The average Bonchev–Trinajstić information content (AvgIpc) is 2.49. The van der Waals surface area contributed by atoms with Crippen LogP contribution in [0.15, 0.2) is 0 Å². The van der Waals surface area contributed by atoms with Crippen LogP contribution in [0.3, 0.4) is 0 Å². The minimum Gasteiger partial charge on any atom is -0.158 e. The van der Waals surface area contributed by atoms with Crippen molar-refractivity contribution in [1.82, 2.24) is 0 Å². The molecule has 1 saturated heterocycles. The summed E-state index contributed by atoms with van der Waals surface area (Å²) in [6.07, 6.45) is 6.03. The Morgan fingerprint density at radius 2 is 1.93 bits per heavy atom. The normalized spacial score (nSPS) is 54.6. The monoisotopic (exact) mass is 210 g/mol. The summed E-state index contributed by atoms with van der Waals surface area (Å²) in [5.41, 5.74) is 1.28. The Balaban J connectivity index is 2.02. The van der Waals surface area contributed by atoms with E-state index in [1.54, 1.807) is 0 Å². The smallest absolute Gasteiger partial charge is 0.0137 e. The van der Waals surface area contributed by atoms with Crippen LogP contribution >= 0.6 is 11.8 Å². The fraction of sp³-hybridized carbons (Fsp3) is 1.00. The highest BCUT2D eigenvalue weighted by Crippen LogP contribution is 2.72. The third-order valence-corrected chi connectivity index (χ3v) is 7.64. The maximum Gasteiger partial charge on any atom is 0.0137 e. The summed E-state index contributed by atoms with van der Waals surface area (Å²) in [4.78, 5) is 0. The largest absolute Gasteiger partial charge is 0.158 e. The van der Waals surface area contributed by atoms with Crippen molar-refractivity contribution < 1.29 is 0 Å². The van der Waals surface area contributed by atoms with Gasteiger partial charge in [0.1, 0.15) is 0 Å². The van der Waals surface area contributed by atoms with Gasteiger partial charge < -0.3 is 0 Å². The predicted molar refractivity (Wildman–Crippen MR) is 63.6 cm³/mol. The van der Waals surface area contributed by atoms with E-state index in [-0.39, 0.29) is 0 Å². The summed E-state index contributed by atoms with van der Waals surface area (Å²) in [5, 5.41) is 1.00. The Bertz CT molecular complexity index is 258. The molecular weight excluding hydrogens is 188 g/mol. The first-order chi connectivity index (χ1) is 6.57. The fourth-order valence-corrected chi connectivity index (χ4v) is 6.64. The Labute approximate surface area is 92.2 Å². The third kappa shape index (κ3) is 0.887. The van der Waals surface area contributed by atoms with Crippen LogP contribution in [-0.2, 0) is 0 Å². The fourth-order valence-electron chi connectivity index (χ4n) is 4.69. The Kier molecular flexibility index (Phi) is 1.86. The molecule has 0 radical (unpaired) electrons. The van der Waals surface area contributed by atoms with Crippen LogP contribution in [0.5, 0.6) is 0 Å². The van der Waals surface area contributed by atoms with Gasteiger partial charge in [0.2, 0.25) is 0 Å². The molecular formula is C13H22S. The van der Waals surface area contributed by atoms with Gasteiger partial charge in [-0.15, -0.1) is 0 Å². The van der Waals surface area contributed by atoms with Crippen LogP contribution in [0.4, 0.5) is 0 Å². The van der Waals surface area contributed by atoms with Crippen LogP contribution < -0.4 is 0 Å². The van der Waals surface area contributed by atoms with E-state index in [1.165, 1.54) is 31.4 Å². The molecule has 0 aromatic rings. The topological polar surface area (TPSA) is 0 Å². The molecule has 4 atom stereocenters.